The monoisotopic (exact) mass is 899 g/mol. The zero-order valence-corrected chi connectivity index (χ0v) is 39.3. The van der Waals surface area contributed by atoms with E-state index in [0.717, 1.165) is 77.0 Å². The van der Waals surface area contributed by atoms with E-state index in [1.54, 1.807) is 0 Å². The van der Waals surface area contributed by atoms with Crippen LogP contribution >= 0.6 is 0 Å². The van der Waals surface area contributed by atoms with Gasteiger partial charge in [-0.15, -0.1) is 0 Å². The van der Waals surface area contributed by atoms with Crippen molar-refractivity contribution in [3.8, 4) is 0 Å². The Labute approximate surface area is 375 Å². The minimum atomic E-state index is -4.61. The van der Waals surface area contributed by atoms with Gasteiger partial charge < -0.3 is 34.3 Å². The summed E-state index contributed by atoms with van der Waals surface area (Å²) in [6.07, 6.45) is 37.2. The molecule has 0 aromatic rings. The molecule has 62 heavy (non-hydrogen) atoms. The van der Waals surface area contributed by atoms with Gasteiger partial charge in [-0.05, 0) is 77.0 Å². The van der Waals surface area contributed by atoms with Crippen molar-refractivity contribution in [2.24, 2.45) is 0 Å². The maximum Gasteiger partial charge on any atom is 0.306 e. The fourth-order valence-electron chi connectivity index (χ4n) is 7.09. The molecule has 1 fully saturated rings. The molecule has 6 atom stereocenters. The Morgan fingerprint density at radius 1 is 0.548 bits per heavy atom. The third-order valence-corrected chi connectivity index (χ3v) is 11.6. The van der Waals surface area contributed by atoms with Gasteiger partial charge in [0.1, 0.15) is 36.8 Å². The van der Waals surface area contributed by atoms with Gasteiger partial charge in [0.05, 0.1) is 6.61 Å². The second-order valence-corrected chi connectivity index (χ2v) is 18.3. The van der Waals surface area contributed by atoms with E-state index < -0.39 is 71.2 Å². The Hall–Kier alpha value is -2.39. The van der Waals surface area contributed by atoms with Gasteiger partial charge in [-0.2, -0.15) is 8.42 Å². The molecular weight excluding hydrogens is 813 g/mol. The van der Waals surface area contributed by atoms with E-state index in [-0.39, 0.29) is 19.4 Å². The molecule has 0 saturated carbocycles. The predicted octanol–water partition coefficient (Wildman–Crippen LogP) is 10.3. The SMILES string of the molecule is CCCCC/C=C/C/C=C/C/C=C/CCCCCCC(=O)OC[C@H](CO[C@H]1O[C@H](CS(=O)(=O)O)[C@@H](O)C(O)C1O)OC(=O)CCCCCCCCC/C=C/CCCCCCCC. The smallest absolute Gasteiger partial charge is 0.306 e. The molecule has 0 aromatic carbocycles. The number of carbonyl (C=O) groups excluding carboxylic acids is 2. The fourth-order valence-corrected chi connectivity index (χ4v) is 7.78. The largest absolute Gasteiger partial charge is 0.462 e. The number of hydrogen-bond acceptors (Lipinski definition) is 11. The molecular formula is C49H86O12S. The Bertz CT molecular complexity index is 1330. The minimum Gasteiger partial charge on any atom is -0.462 e. The maximum absolute atomic E-state index is 12.8. The number of rotatable bonds is 40. The van der Waals surface area contributed by atoms with Crippen LogP contribution in [-0.2, 0) is 38.7 Å². The molecule has 2 unspecified atom stereocenters. The van der Waals surface area contributed by atoms with Crippen molar-refractivity contribution in [2.75, 3.05) is 19.0 Å². The first-order valence-electron chi connectivity index (χ1n) is 24.2. The molecule has 0 bridgehead atoms. The second-order valence-electron chi connectivity index (χ2n) is 16.8. The average molecular weight is 899 g/mol. The van der Waals surface area contributed by atoms with Crippen LogP contribution in [0.5, 0.6) is 0 Å². The molecule has 1 aliphatic heterocycles. The number of allylic oxidation sites excluding steroid dienone is 8. The lowest BCUT2D eigenvalue weighted by Gasteiger charge is -2.40. The molecule has 0 amide bonds. The van der Waals surface area contributed by atoms with Crippen molar-refractivity contribution in [1.29, 1.82) is 0 Å². The standard InChI is InChI=1S/C49H86O12S/c1-3-5-7-9-11-13-15-17-19-21-23-25-27-29-31-33-35-37-44(50)58-39-42(40-59-49-48(54)47(53)46(52)43(61-49)41-62(55,56)57)60-45(51)38-36-34-32-30-28-26-24-22-20-18-16-14-12-10-8-6-4-2/h11,13,17-20,23,25,42-43,46-49,52-54H,3-10,12,14-16,21-22,24,26-41H2,1-2H3,(H,55,56,57)/b13-11+,19-17+,20-18+,25-23+/t42-,43-,46-,47?,48?,49+/m1/s1. The molecule has 0 spiro atoms. The van der Waals surface area contributed by atoms with Crippen molar-refractivity contribution in [2.45, 2.75) is 230 Å². The summed E-state index contributed by atoms with van der Waals surface area (Å²) < 4.78 is 54.1. The lowest BCUT2D eigenvalue weighted by Crippen LogP contribution is -2.60. The van der Waals surface area contributed by atoms with E-state index in [9.17, 15) is 37.9 Å². The summed E-state index contributed by atoms with van der Waals surface area (Å²) in [4.78, 5) is 25.5. The number of hydrogen-bond donors (Lipinski definition) is 4. The zero-order valence-electron chi connectivity index (χ0n) is 38.5. The Morgan fingerprint density at radius 2 is 0.968 bits per heavy atom. The van der Waals surface area contributed by atoms with Crippen LogP contribution in [0, 0.1) is 0 Å². The summed E-state index contributed by atoms with van der Waals surface area (Å²) in [5.41, 5.74) is 0. The third kappa shape index (κ3) is 33.2. The topological polar surface area (TPSA) is 186 Å². The highest BCUT2D eigenvalue weighted by molar-refractivity contribution is 7.85. The molecule has 0 radical (unpaired) electrons. The van der Waals surface area contributed by atoms with Crippen LogP contribution in [0.3, 0.4) is 0 Å². The number of unbranched alkanes of at least 4 members (excludes halogenated alkanes) is 20. The molecule has 4 N–H and O–H groups in total. The van der Waals surface area contributed by atoms with Crippen molar-refractivity contribution in [3.05, 3.63) is 48.6 Å². The van der Waals surface area contributed by atoms with Gasteiger partial charge in [0, 0.05) is 12.8 Å². The highest BCUT2D eigenvalue weighted by Crippen LogP contribution is 2.24. The quantitative estimate of drug-likeness (QED) is 0.0198. The number of ether oxygens (including phenoxy) is 4. The Morgan fingerprint density at radius 3 is 1.48 bits per heavy atom. The predicted molar refractivity (Wildman–Crippen MR) is 247 cm³/mol. The van der Waals surface area contributed by atoms with Crippen molar-refractivity contribution >= 4 is 22.1 Å². The molecule has 1 aliphatic rings. The lowest BCUT2D eigenvalue weighted by molar-refractivity contribution is -0.297. The molecule has 1 heterocycles. The molecule has 12 nitrogen and oxygen atoms in total. The third-order valence-electron chi connectivity index (χ3n) is 10.9. The van der Waals surface area contributed by atoms with Gasteiger partial charge in [0.2, 0.25) is 0 Å². The molecule has 1 saturated heterocycles. The molecule has 1 rings (SSSR count). The van der Waals surface area contributed by atoms with Crippen LogP contribution in [-0.4, -0.2) is 96.0 Å². The van der Waals surface area contributed by atoms with E-state index in [1.165, 1.54) is 77.0 Å². The van der Waals surface area contributed by atoms with Crippen molar-refractivity contribution < 1.29 is 56.8 Å². The van der Waals surface area contributed by atoms with Crippen LogP contribution in [0.4, 0.5) is 0 Å². The Kier molecular flexibility index (Phi) is 36.3. The average Bonchev–Trinajstić information content (AvgIpc) is 3.24. The summed E-state index contributed by atoms with van der Waals surface area (Å²) in [7, 11) is -4.61. The van der Waals surface area contributed by atoms with Gasteiger partial charge in [0.25, 0.3) is 10.1 Å². The van der Waals surface area contributed by atoms with E-state index in [1.807, 2.05) is 0 Å². The van der Waals surface area contributed by atoms with E-state index in [0.29, 0.717) is 12.8 Å². The number of esters is 2. The fraction of sp³-hybridized carbons (Fsp3) is 0.796. The van der Waals surface area contributed by atoms with Gasteiger partial charge in [0.15, 0.2) is 12.4 Å². The van der Waals surface area contributed by atoms with Gasteiger partial charge >= 0.3 is 11.9 Å². The summed E-state index contributed by atoms with van der Waals surface area (Å²) in [6.45, 7) is 3.71. The summed E-state index contributed by atoms with van der Waals surface area (Å²) in [5.74, 6) is -2.02. The first-order valence-corrected chi connectivity index (χ1v) is 25.8. The summed E-state index contributed by atoms with van der Waals surface area (Å²) in [6, 6.07) is 0. The lowest BCUT2D eigenvalue weighted by atomic mass is 10.00. The molecule has 13 heteroatoms. The van der Waals surface area contributed by atoms with Gasteiger partial charge in [-0.1, -0.05) is 152 Å². The van der Waals surface area contributed by atoms with Crippen LogP contribution in [0.1, 0.15) is 194 Å². The normalized spacial score (nSPS) is 20.3. The highest BCUT2D eigenvalue weighted by atomic mass is 32.2. The highest BCUT2D eigenvalue weighted by Gasteiger charge is 2.46. The zero-order chi connectivity index (χ0) is 45.5. The minimum absolute atomic E-state index is 0.153. The molecule has 0 aromatic heterocycles. The van der Waals surface area contributed by atoms with E-state index >= 15 is 0 Å². The first-order chi connectivity index (χ1) is 30.0. The molecule has 360 valence electrons. The van der Waals surface area contributed by atoms with Crippen LogP contribution < -0.4 is 0 Å². The van der Waals surface area contributed by atoms with E-state index in [4.69, 9.17) is 18.9 Å². The number of carbonyl (C=O) groups is 2. The van der Waals surface area contributed by atoms with Gasteiger partial charge in [-0.3, -0.25) is 14.1 Å². The van der Waals surface area contributed by atoms with Crippen LogP contribution in [0.15, 0.2) is 48.6 Å². The van der Waals surface area contributed by atoms with Crippen molar-refractivity contribution in [1.82, 2.24) is 0 Å². The Balaban J connectivity index is 2.44. The molecule has 0 aliphatic carbocycles. The maximum atomic E-state index is 12.8. The van der Waals surface area contributed by atoms with E-state index in [2.05, 4.69) is 62.5 Å². The van der Waals surface area contributed by atoms with Crippen LogP contribution in [0.2, 0.25) is 0 Å². The first kappa shape index (κ1) is 57.6. The second kappa shape index (κ2) is 39.0. The van der Waals surface area contributed by atoms with Gasteiger partial charge in [-0.25, -0.2) is 0 Å². The number of aliphatic hydroxyl groups is 3. The van der Waals surface area contributed by atoms with Crippen LogP contribution in [0.25, 0.3) is 0 Å². The van der Waals surface area contributed by atoms with Crippen molar-refractivity contribution in [3.63, 3.8) is 0 Å². The summed E-state index contributed by atoms with van der Waals surface area (Å²) in [5, 5.41) is 30.9. The number of aliphatic hydroxyl groups excluding tert-OH is 3. The summed E-state index contributed by atoms with van der Waals surface area (Å²) >= 11 is 0.